The van der Waals surface area contributed by atoms with Crippen LogP contribution in [0.4, 0.5) is 5.00 Å². The Balaban J connectivity index is 1.90. The molecule has 0 saturated carbocycles. The van der Waals surface area contributed by atoms with Crippen molar-refractivity contribution in [2.75, 3.05) is 11.9 Å². The van der Waals surface area contributed by atoms with Gasteiger partial charge in [0.1, 0.15) is 11.1 Å². The third-order valence-corrected chi connectivity index (χ3v) is 3.76. The molecule has 0 aliphatic rings. The number of hydrogen-bond donors (Lipinski definition) is 1. The Morgan fingerprint density at radius 1 is 1.38 bits per heavy atom. The number of thiophene rings is 1. The van der Waals surface area contributed by atoms with E-state index in [1.807, 2.05) is 6.07 Å². The summed E-state index contributed by atoms with van der Waals surface area (Å²) >= 11 is 4.48. The van der Waals surface area contributed by atoms with E-state index < -0.39 is 18.5 Å². The van der Waals surface area contributed by atoms with Gasteiger partial charge in [0.05, 0.1) is 11.1 Å². The Hall–Kier alpha value is -2.17. The van der Waals surface area contributed by atoms with Crippen molar-refractivity contribution < 1.29 is 14.3 Å². The van der Waals surface area contributed by atoms with Crippen LogP contribution in [0.15, 0.2) is 40.2 Å². The van der Waals surface area contributed by atoms with Gasteiger partial charge in [-0.3, -0.25) is 4.79 Å². The van der Waals surface area contributed by atoms with E-state index in [4.69, 9.17) is 10.00 Å². The van der Waals surface area contributed by atoms with Crippen LogP contribution in [0.25, 0.3) is 0 Å². The molecule has 0 saturated heterocycles. The van der Waals surface area contributed by atoms with Crippen LogP contribution in [-0.2, 0) is 9.53 Å². The molecule has 0 atom stereocenters. The van der Waals surface area contributed by atoms with Gasteiger partial charge >= 0.3 is 5.97 Å². The standard InChI is InChI=1S/C14H9BrN2O3S/c15-11-3-1-2-9(6-11)14(19)20-8-12(18)17-13-10(7-16)4-5-21-13/h1-6H,8H2,(H,17,18). The second-order valence-corrected chi connectivity index (χ2v) is 5.74. The lowest BCUT2D eigenvalue weighted by Crippen LogP contribution is -2.20. The molecule has 7 heteroatoms. The molecule has 0 radical (unpaired) electrons. The topological polar surface area (TPSA) is 79.2 Å². The molecule has 1 aromatic carbocycles. The lowest BCUT2D eigenvalue weighted by Gasteiger charge is -2.05. The summed E-state index contributed by atoms with van der Waals surface area (Å²) in [7, 11) is 0. The molecule has 1 heterocycles. The predicted molar refractivity (Wildman–Crippen MR) is 82.1 cm³/mol. The number of benzene rings is 1. The molecule has 0 fully saturated rings. The molecule has 0 bridgehead atoms. The minimum Gasteiger partial charge on any atom is -0.452 e. The SMILES string of the molecule is N#Cc1ccsc1NC(=O)COC(=O)c1cccc(Br)c1. The normalized spacial score (nSPS) is 9.71. The minimum atomic E-state index is -0.585. The van der Waals surface area contributed by atoms with Gasteiger partial charge < -0.3 is 10.1 Å². The monoisotopic (exact) mass is 364 g/mol. The highest BCUT2D eigenvalue weighted by molar-refractivity contribution is 9.10. The Morgan fingerprint density at radius 3 is 2.90 bits per heavy atom. The number of halogens is 1. The van der Waals surface area contributed by atoms with Crippen molar-refractivity contribution in [1.82, 2.24) is 0 Å². The van der Waals surface area contributed by atoms with Crippen LogP contribution in [0.2, 0.25) is 0 Å². The number of ether oxygens (including phenoxy) is 1. The van der Waals surface area contributed by atoms with Crippen LogP contribution in [0.5, 0.6) is 0 Å². The molecule has 0 unspecified atom stereocenters. The number of carbonyl (C=O) groups is 2. The number of carbonyl (C=O) groups excluding carboxylic acids is 2. The first-order valence-corrected chi connectivity index (χ1v) is 7.47. The highest BCUT2D eigenvalue weighted by atomic mass is 79.9. The fourth-order valence-corrected chi connectivity index (χ4v) is 2.64. The van der Waals surface area contributed by atoms with Gasteiger partial charge in [-0.1, -0.05) is 22.0 Å². The maximum Gasteiger partial charge on any atom is 0.338 e. The number of esters is 1. The van der Waals surface area contributed by atoms with Crippen molar-refractivity contribution in [3.8, 4) is 6.07 Å². The number of anilines is 1. The number of rotatable bonds is 4. The quantitative estimate of drug-likeness (QED) is 0.844. The summed E-state index contributed by atoms with van der Waals surface area (Å²) in [6, 6.07) is 10.2. The minimum absolute atomic E-state index is 0.353. The first kappa shape index (κ1) is 15.2. The van der Waals surface area contributed by atoms with Gasteiger partial charge in [0, 0.05) is 4.47 Å². The maximum atomic E-state index is 11.8. The number of nitriles is 1. The lowest BCUT2D eigenvalue weighted by atomic mass is 10.2. The van der Waals surface area contributed by atoms with E-state index in [9.17, 15) is 9.59 Å². The molecule has 1 aromatic heterocycles. The summed E-state index contributed by atoms with van der Waals surface area (Å²) in [5.41, 5.74) is 0.734. The van der Waals surface area contributed by atoms with E-state index >= 15 is 0 Å². The molecule has 5 nitrogen and oxygen atoms in total. The first-order chi connectivity index (χ1) is 10.1. The molecule has 1 N–H and O–H groups in total. The van der Waals surface area contributed by atoms with Crippen LogP contribution in [0.3, 0.4) is 0 Å². The van der Waals surface area contributed by atoms with Crippen molar-refractivity contribution in [3.63, 3.8) is 0 Å². The zero-order valence-electron chi connectivity index (χ0n) is 10.6. The third-order valence-electron chi connectivity index (χ3n) is 2.43. The Morgan fingerprint density at radius 2 is 2.19 bits per heavy atom. The largest absolute Gasteiger partial charge is 0.452 e. The van der Waals surface area contributed by atoms with Gasteiger partial charge in [0.2, 0.25) is 0 Å². The highest BCUT2D eigenvalue weighted by Crippen LogP contribution is 2.21. The van der Waals surface area contributed by atoms with Crippen LogP contribution in [0.1, 0.15) is 15.9 Å². The molecule has 0 spiro atoms. The predicted octanol–water partition coefficient (Wildman–Crippen LogP) is 3.18. The van der Waals surface area contributed by atoms with Crippen molar-refractivity contribution >= 4 is 44.1 Å². The molecule has 0 aliphatic heterocycles. The fraction of sp³-hybridized carbons (Fsp3) is 0.0714. The first-order valence-electron chi connectivity index (χ1n) is 5.80. The second-order valence-electron chi connectivity index (χ2n) is 3.91. The summed E-state index contributed by atoms with van der Waals surface area (Å²) in [6.07, 6.45) is 0. The Kier molecular flexibility index (Phi) is 5.09. The van der Waals surface area contributed by atoms with E-state index in [0.29, 0.717) is 16.1 Å². The molecular formula is C14H9BrN2O3S. The van der Waals surface area contributed by atoms with Crippen molar-refractivity contribution in [3.05, 3.63) is 51.3 Å². The zero-order valence-corrected chi connectivity index (χ0v) is 13.0. The van der Waals surface area contributed by atoms with Crippen LogP contribution >= 0.6 is 27.3 Å². The van der Waals surface area contributed by atoms with Crippen molar-refractivity contribution in [1.29, 1.82) is 5.26 Å². The third kappa shape index (κ3) is 4.15. The smallest absolute Gasteiger partial charge is 0.338 e. The molecule has 21 heavy (non-hydrogen) atoms. The number of hydrogen-bond acceptors (Lipinski definition) is 5. The summed E-state index contributed by atoms with van der Waals surface area (Å²) < 4.78 is 5.67. The number of amides is 1. The summed E-state index contributed by atoms with van der Waals surface area (Å²) in [6.45, 7) is -0.409. The van der Waals surface area contributed by atoms with Gasteiger partial charge in [-0.05, 0) is 29.6 Å². The summed E-state index contributed by atoms with van der Waals surface area (Å²) in [5.74, 6) is -1.07. The number of nitrogens with zero attached hydrogens (tertiary/aromatic N) is 1. The van der Waals surface area contributed by atoms with Gasteiger partial charge in [-0.15, -0.1) is 11.3 Å². The van der Waals surface area contributed by atoms with Crippen LogP contribution in [-0.4, -0.2) is 18.5 Å². The summed E-state index contributed by atoms with van der Waals surface area (Å²) in [5, 5.41) is 13.5. The van der Waals surface area contributed by atoms with Crippen LogP contribution in [0, 0.1) is 11.3 Å². The average Bonchev–Trinajstić information content (AvgIpc) is 2.92. The van der Waals surface area contributed by atoms with Gasteiger partial charge in [-0.2, -0.15) is 5.26 Å². The number of nitrogens with one attached hydrogen (secondary N) is 1. The van der Waals surface area contributed by atoms with Crippen molar-refractivity contribution in [2.24, 2.45) is 0 Å². The summed E-state index contributed by atoms with van der Waals surface area (Å²) in [4.78, 5) is 23.4. The average molecular weight is 365 g/mol. The van der Waals surface area contributed by atoms with E-state index in [1.165, 1.54) is 11.3 Å². The van der Waals surface area contributed by atoms with Crippen molar-refractivity contribution in [2.45, 2.75) is 0 Å². The molecule has 0 aliphatic carbocycles. The van der Waals surface area contributed by atoms with E-state index in [-0.39, 0.29) is 0 Å². The van der Waals surface area contributed by atoms with Crippen LogP contribution < -0.4 is 5.32 Å². The molecule has 2 rings (SSSR count). The van der Waals surface area contributed by atoms with E-state index in [2.05, 4.69) is 21.2 Å². The molecule has 1 amide bonds. The Bertz CT molecular complexity index is 721. The van der Waals surface area contributed by atoms with Gasteiger partial charge in [0.15, 0.2) is 6.61 Å². The van der Waals surface area contributed by atoms with Gasteiger partial charge in [0.25, 0.3) is 5.91 Å². The van der Waals surface area contributed by atoms with Gasteiger partial charge in [-0.25, -0.2) is 4.79 Å². The molecular weight excluding hydrogens is 356 g/mol. The molecule has 2 aromatic rings. The zero-order chi connectivity index (χ0) is 15.2. The lowest BCUT2D eigenvalue weighted by molar-refractivity contribution is -0.119. The van der Waals surface area contributed by atoms with E-state index in [0.717, 1.165) is 4.47 Å². The maximum absolute atomic E-state index is 11.8. The fourth-order valence-electron chi connectivity index (χ4n) is 1.49. The Labute approximate surface area is 133 Å². The highest BCUT2D eigenvalue weighted by Gasteiger charge is 2.12. The second kappa shape index (κ2) is 7.02. The molecule has 106 valence electrons. The van der Waals surface area contributed by atoms with E-state index in [1.54, 1.807) is 35.7 Å².